The number of alkyl halides is 3. The Kier molecular flexibility index (Phi) is 5.52. The van der Waals surface area contributed by atoms with Crippen LogP contribution >= 0.6 is 11.6 Å². The highest BCUT2D eigenvalue weighted by molar-refractivity contribution is 6.30. The second-order valence-electron chi connectivity index (χ2n) is 8.12. The van der Waals surface area contributed by atoms with Crippen molar-refractivity contribution < 1.29 is 18.0 Å². The Bertz CT molecular complexity index is 937. The summed E-state index contributed by atoms with van der Waals surface area (Å²) < 4.78 is 40.1. The van der Waals surface area contributed by atoms with Crippen molar-refractivity contribution in [2.75, 3.05) is 13.1 Å². The lowest BCUT2D eigenvalue weighted by molar-refractivity contribution is -0.148. The summed E-state index contributed by atoms with van der Waals surface area (Å²) in [5.41, 5.74) is 7.02. The second-order valence-corrected chi connectivity index (χ2v) is 8.55. The van der Waals surface area contributed by atoms with Gasteiger partial charge in [-0.05, 0) is 43.4 Å². The summed E-state index contributed by atoms with van der Waals surface area (Å²) in [4.78, 5) is 14.7. The first-order chi connectivity index (χ1) is 14.2. The normalized spacial score (nSPS) is 24.6. The molecule has 2 heterocycles. The quantitative estimate of drug-likeness (QED) is 0.792. The summed E-state index contributed by atoms with van der Waals surface area (Å²) >= 11 is 6.15. The zero-order valence-electron chi connectivity index (χ0n) is 16.3. The lowest BCUT2D eigenvalue weighted by Crippen LogP contribution is -2.46. The average molecular weight is 442 g/mol. The highest BCUT2D eigenvalue weighted by Gasteiger charge is 2.42. The van der Waals surface area contributed by atoms with E-state index in [0.717, 1.165) is 23.0 Å². The van der Waals surface area contributed by atoms with Gasteiger partial charge in [-0.1, -0.05) is 23.7 Å². The Morgan fingerprint density at radius 1 is 1.23 bits per heavy atom. The maximum Gasteiger partial charge on any atom is 0.451 e. The fourth-order valence-corrected chi connectivity index (χ4v) is 4.85. The van der Waals surface area contributed by atoms with E-state index in [1.807, 2.05) is 24.3 Å². The molecule has 1 aliphatic carbocycles. The molecule has 162 valence electrons. The molecule has 2 aromatic rings. The predicted octanol–water partition coefficient (Wildman–Crippen LogP) is 3.38. The molecular formula is C20H23ClF3N5O. The van der Waals surface area contributed by atoms with Crippen molar-refractivity contribution in [3.63, 3.8) is 0 Å². The van der Waals surface area contributed by atoms with Crippen LogP contribution in [0.25, 0.3) is 0 Å². The van der Waals surface area contributed by atoms with Gasteiger partial charge < -0.3 is 15.2 Å². The largest absolute Gasteiger partial charge is 0.451 e. The number of amides is 1. The molecule has 2 N–H and O–H groups in total. The van der Waals surface area contributed by atoms with Gasteiger partial charge in [-0.3, -0.25) is 4.79 Å². The van der Waals surface area contributed by atoms with Gasteiger partial charge in [0.15, 0.2) is 5.82 Å². The van der Waals surface area contributed by atoms with Crippen molar-refractivity contribution >= 4 is 17.5 Å². The topological polar surface area (TPSA) is 77.0 Å². The van der Waals surface area contributed by atoms with E-state index in [1.54, 1.807) is 4.90 Å². The molecule has 30 heavy (non-hydrogen) atoms. The molecule has 4 rings (SSSR count). The maximum atomic E-state index is 13.1. The van der Waals surface area contributed by atoms with Crippen molar-refractivity contribution in [2.45, 2.75) is 50.4 Å². The number of hydrogen-bond acceptors (Lipinski definition) is 4. The molecule has 1 amide bonds. The van der Waals surface area contributed by atoms with Crippen LogP contribution in [0.5, 0.6) is 0 Å². The molecule has 0 saturated heterocycles. The van der Waals surface area contributed by atoms with Gasteiger partial charge in [-0.2, -0.15) is 13.2 Å². The van der Waals surface area contributed by atoms with Gasteiger partial charge >= 0.3 is 6.18 Å². The summed E-state index contributed by atoms with van der Waals surface area (Å²) in [6, 6.07) is 7.69. The molecule has 1 saturated carbocycles. The number of carbonyl (C=O) groups is 1. The number of rotatable bonds is 3. The molecule has 0 spiro atoms. The minimum Gasteiger partial charge on any atom is -0.333 e. The molecule has 6 nitrogen and oxygen atoms in total. The van der Waals surface area contributed by atoms with Gasteiger partial charge in [-0.25, -0.2) is 0 Å². The van der Waals surface area contributed by atoms with Crippen LogP contribution in [-0.2, 0) is 29.5 Å². The van der Waals surface area contributed by atoms with E-state index in [2.05, 4.69) is 10.2 Å². The number of carbonyl (C=O) groups excluding carboxylic acids is 1. The molecule has 0 unspecified atom stereocenters. The van der Waals surface area contributed by atoms with E-state index in [0.29, 0.717) is 24.4 Å². The first-order valence-electron chi connectivity index (χ1n) is 9.98. The summed E-state index contributed by atoms with van der Waals surface area (Å²) in [6.45, 7) is 0.792. The maximum absolute atomic E-state index is 13.1. The van der Waals surface area contributed by atoms with Crippen molar-refractivity contribution in [3.05, 3.63) is 46.5 Å². The Balaban J connectivity index is 1.43. The van der Waals surface area contributed by atoms with E-state index in [-0.39, 0.29) is 42.7 Å². The van der Waals surface area contributed by atoms with Crippen molar-refractivity contribution in [3.8, 4) is 0 Å². The molecule has 0 bridgehead atoms. The minimum atomic E-state index is -4.55. The van der Waals surface area contributed by atoms with Crippen LogP contribution in [0, 0.1) is 5.92 Å². The minimum absolute atomic E-state index is 0.0328. The summed E-state index contributed by atoms with van der Waals surface area (Å²) in [5.74, 6) is -1.03. The van der Waals surface area contributed by atoms with Gasteiger partial charge in [0.2, 0.25) is 11.7 Å². The first-order valence-corrected chi connectivity index (χ1v) is 10.4. The third-order valence-corrected chi connectivity index (χ3v) is 6.67. The lowest BCUT2D eigenvalue weighted by Gasteiger charge is -2.41. The molecule has 1 aromatic carbocycles. The zero-order chi connectivity index (χ0) is 21.5. The SMILES string of the molecule is NC[C@]1(c2cccc(Cl)c2)CC[C@H](C(=O)N2CCn3c(nnc3C(F)(F)F)C2)CC1. The summed E-state index contributed by atoms with van der Waals surface area (Å²) in [7, 11) is 0. The molecule has 0 atom stereocenters. The van der Waals surface area contributed by atoms with Crippen LogP contribution in [0.3, 0.4) is 0 Å². The molecule has 1 aromatic heterocycles. The number of benzene rings is 1. The van der Waals surface area contributed by atoms with Crippen LogP contribution in [0.1, 0.15) is 42.9 Å². The third-order valence-electron chi connectivity index (χ3n) is 6.44. The highest BCUT2D eigenvalue weighted by Crippen LogP contribution is 2.42. The fraction of sp³-hybridized carbons (Fsp3) is 0.550. The van der Waals surface area contributed by atoms with Crippen LogP contribution in [0.4, 0.5) is 13.2 Å². The van der Waals surface area contributed by atoms with Gasteiger partial charge in [0, 0.05) is 36.0 Å². The Morgan fingerprint density at radius 2 is 1.97 bits per heavy atom. The van der Waals surface area contributed by atoms with Crippen molar-refractivity contribution in [1.29, 1.82) is 0 Å². The van der Waals surface area contributed by atoms with Crippen molar-refractivity contribution in [2.24, 2.45) is 11.7 Å². The number of aromatic nitrogens is 3. The first kappa shape index (κ1) is 21.1. The molecule has 10 heteroatoms. The van der Waals surface area contributed by atoms with E-state index in [1.165, 1.54) is 0 Å². The number of fused-ring (bicyclic) bond motifs is 1. The third kappa shape index (κ3) is 3.80. The van der Waals surface area contributed by atoms with E-state index in [4.69, 9.17) is 17.3 Å². The van der Waals surface area contributed by atoms with E-state index < -0.39 is 12.0 Å². The van der Waals surface area contributed by atoms with Gasteiger partial charge in [-0.15, -0.1) is 10.2 Å². The molecule has 0 radical (unpaired) electrons. The number of halogens is 4. The fourth-order valence-electron chi connectivity index (χ4n) is 4.66. The van der Waals surface area contributed by atoms with Gasteiger partial charge in [0.05, 0.1) is 6.54 Å². The summed E-state index contributed by atoms with van der Waals surface area (Å²) in [6.07, 6.45) is -1.66. The highest BCUT2D eigenvalue weighted by atomic mass is 35.5. The lowest BCUT2D eigenvalue weighted by atomic mass is 9.66. The summed E-state index contributed by atoms with van der Waals surface area (Å²) in [5, 5.41) is 7.59. The van der Waals surface area contributed by atoms with Crippen LogP contribution < -0.4 is 5.73 Å². The number of nitrogens with zero attached hydrogens (tertiary/aromatic N) is 4. The Labute approximate surface area is 177 Å². The Morgan fingerprint density at radius 3 is 2.60 bits per heavy atom. The average Bonchev–Trinajstić information content (AvgIpc) is 3.17. The van der Waals surface area contributed by atoms with Gasteiger partial charge in [0.25, 0.3) is 0 Å². The second kappa shape index (κ2) is 7.85. The van der Waals surface area contributed by atoms with Crippen LogP contribution in [0.2, 0.25) is 5.02 Å². The standard InChI is InChI=1S/C20H23ClF3N5O/c21-15-3-1-2-14(10-15)19(12-25)6-4-13(5-7-19)17(30)28-8-9-29-16(11-28)26-27-18(29)20(22,23)24/h1-3,10,13H,4-9,11-12,25H2/t13-,19-. The number of nitrogens with two attached hydrogens (primary N) is 1. The molecule has 1 aliphatic heterocycles. The van der Waals surface area contributed by atoms with Gasteiger partial charge in [0.1, 0.15) is 0 Å². The van der Waals surface area contributed by atoms with Crippen LogP contribution in [-0.4, -0.2) is 38.7 Å². The smallest absolute Gasteiger partial charge is 0.333 e. The molecule has 1 fully saturated rings. The molecular weight excluding hydrogens is 419 g/mol. The van der Waals surface area contributed by atoms with E-state index in [9.17, 15) is 18.0 Å². The molecule has 2 aliphatic rings. The van der Waals surface area contributed by atoms with Crippen LogP contribution in [0.15, 0.2) is 24.3 Å². The van der Waals surface area contributed by atoms with E-state index >= 15 is 0 Å². The predicted molar refractivity (Wildman–Crippen MR) is 105 cm³/mol. The monoisotopic (exact) mass is 441 g/mol. The van der Waals surface area contributed by atoms with Crippen molar-refractivity contribution in [1.82, 2.24) is 19.7 Å². The number of hydrogen-bond donors (Lipinski definition) is 1. The zero-order valence-corrected chi connectivity index (χ0v) is 17.1. The Hall–Kier alpha value is -2.13.